The Morgan fingerprint density at radius 2 is 1.89 bits per heavy atom. The molecule has 4 heterocycles. The molecule has 2 amide bonds. The number of ether oxygens (including phenoxy) is 1. The second-order valence-electron chi connectivity index (χ2n) is 9.64. The highest BCUT2D eigenvalue weighted by molar-refractivity contribution is 5.84. The number of alkyl halides is 1. The fourth-order valence-corrected chi connectivity index (χ4v) is 5.25. The lowest BCUT2D eigenvalue weighted by molar-refractivity contribution is 0.0847. The quantitative estimate of drug-likeness (QED) is 0.423. The second kappa shape index (κ2) is 9.47. The van der Waals surface area contributed by atoms with Gasteiger partial charge in [0, 0.05) is 63.7 Å². The van der Waals surface area contributed by atoms with E-state index in [0.29, 0.717) is 49.8 Å². The van der Waals surface area contributed by atoms with Gasteiger partial charge in [0.2, 0.25) is 12.3 Å². The Labute approximate surface area is 218 Å². The summed E-state index contributed by atoms with van der Waals surface area (Å²) in [6, 6.07) is 13.0. The van der Waals surface area contributed by atoms with Crippen molar-refractivity contribution < 1.29 is 13.9 Å². The van der Waals surface area contributed by atoms with Crippen molar-refractivity contribution in [1.82, 2.24) is 29.5 Å². The standard InChI is InChI=1S/C27H28FN7O3/c1-17(28)38-24-6-4-3-5-19(24)15-35-23-11-18(7-8-22(23)25(36)32(35)2)20-12-29-26(30-13-20)33-9-10-34-21(16-33)14-31-27(34)37/h3-8,11-13,17,21H,9-10,14-16H2,1-2H3,(H,31,37). The van der Waals surface area contributed by atoms with E-state index in [9.17, 15) is 14.0 Å². The number of amides is 2. The lowest BCUT2D eigenvalue weighted by Gasteiger charge is -2.36. The topological polar surface area (TPSA) is 97.5 Å². The zero-order valence-electron chi connectivity index (χ0n) is 21.2. The van der Waals surface area contributed by atoms with Crippen LogP contribution in [0.25, 0.3) is 22.0 Å². The maximum absolute atomic E-state index is 13.6. The summed E-state index contributed by atoms with van der Waals surface area (Å²) in [5, 5.41) is 3.47. The zero-order valence-corrected chi connectivity index (χ0v) is 21.2. The van der Waals surface area contributed by atoms with Gasteiger partial charge in [0.25, 0.3) is 5.56 Å². The predicted octanol–water partition coefficient (Wildman–Crippen LogP) is 2.75. The molecule has 2 fully saturated rings. The SMILES string of the molecule is CC(F)Oc1ccccc1Cn1c2cc(-c3cnc(N4CCN5C(=O)NCC5C4)nc3)ccc2c(=O)n1C. The largest absolute Gasteiger partial charge is 0.460 e. The summed E-state index contributed by atoms with van der Waals surface area (Å²) in [5.74, 6) is 1.07. The molecular weight excluding hydrogens is 489 g/mol. The number of nitrogens with one attached hydrogen (secondary N) is 1. The van der Waals surface area contributed by atoms with E-state index in [-0.39, 0.29) is 17.6 Å². The number of anilines is 1. The summed E-state index contributed by atoms with van der Waals surface area (Å²) >= 11 is 0. The van der Waals surface area contributed by atoms with Crippen LogP contribution in [0.4, 0.5) is 15.1 Å². The maximum Gasteiger partial charge on any atom is 0.317 e. The third-order valence-electron chi connectivity index (χ3n) is 7.23. The molecule has 0 aliphatic carbocycles. The van der Waals surface area contributed by atoms with E-state index in [1.54, 1.807) is 36.3 Å². The summed E-state index contributed by atoms with van der Waals surface area (Å²) in [6.07, 6.45) is 2.12. The molecule has 10 nitrogen and oxygen atoms in total. The molecule has 11 heteroatoms. The van der Waals surface area contributed by atoms with Crippen LogP contribution < -0.4 is 20.5 Å². The number of benzene rings is 2. The van der Waals surface area contributed by atoms with Crippen LogP contribution in [0.15, 0.2) is 59.7 Å². The number of aromatic nitrogens is 4. The number of carbonyl (C=O) groups is 1. The fourth-order valence-electron chi connectivity index (χ4n) is 5.25. The molecule has 196 valence electrons. The number of hydrogen-bond acceptors (Lipinski definition) is 6. The molecule has 2 saturated heterocycles. The first-order chi connectivity index (χ1) is 18.4. The number of halogens is 1. The van der Waals surface area contributed by atoms with Crippen LogP contribution in [0.5, 0.6) is 5.75 Å². The first-order valence-corrected chi connectivity index (χ1v) is 12.6. The van der Waals surface area contributed by atoms with E-state index in [1.165, 1.54) is 6.92 Å². The molecule has 2 aliphatic rings. The summed E-state index contributed by atoms with van der Waals surface area (Å²) in [5.41, 5.74) is 3.10. The van der Waals surface area contributed by atoms with Crippen LogP contribution in [0.3, 0.4) is 0 Å². The van der Waals surface area contributed by atoms with Gasteiger partial charge in [-0.2, -0.15) is 0 Å². The van der Waals surface area contributed by atoms with Crippen LogP contribution in [0, 0.1) is 0 Å². The monoisotopic (exact) mass is 517 g/mol. The Hall–Kier alpha value is -4.41. The van der Waals surface area contributed by atoms with Crippen LogP contribution in [0.2, 0.25) is 0 Å². The van der Waals surface area contributed by atoms with Crippen LogP contribution >= 0.6 is 0 Å². The van der Waals surface area contributed by atoms with Crippen LogP contribution in [-0.4, -0.2) is 68.8 Å². The van der Waals surface area contributed by atoms with Crippen LogP contribution in [-0.2, 0) is 13.6 Å². The van der Waals surface area contributed by atoms with Gasteiger partial charge in [-0.3, -0.25) is 14.2 Å². The van der Waals surface area contributed by atoms with Gasteiger partial charge >= 0.3 is 6.03 Å². The van der Waals surface area contributed by atoms with Gasteiger partial charge in [0.1, 0.15) is 5.75 Å². The zero-order chi connectivity index (χ0) is 26.4. The van der Waals surface area contributed by atoms with Crippen molar-refractivity contribution in [1.29, 1.82) is 0 Å². The van der Waals surface area contributed by atoms with Gasteiger partial charge in [-0.05, 0) is 23.8 Å². The molecule has 2 aromatic carbocycles. The van der Waals surface area contributed by atoms with Crippen molar-refractivity contribution in [2.24, 2.45) is 7.05 Å². The second-order valence-corrected chi connectivity index (χ2v) is 9.64. The van der Waals surface area contributed by atoms with E-state index in [2.05, 4.69) is 20.2 Å². The average molecular weight is 518 g/mol. The Balaban J connectivity index is 1.29. The molecule has 1 N–H and O–H groups in total. The molecule has 0 saturated carbocycles. The Bertz CT molecular complexity index is 1560. The van der Waals surface area contributed by atoms with Gasteiger partial charge < -0.3 is 19.9 Å². The summed E-state index contributed by atoms with van der Waals surface area (Å²) in [4.78, 5) is 38.0. The first kappa shape index (κ1) is 24.0. The first-order valence-electron chi connectivity index (χ1n) is 12.6. The van der Waals surface area contributed by atoms with Crippen molar-refractivity contribution >= 4 is 22.9 Å². The minimum atomic E-state index is -1.45. The van der Waals surface area contributed by atoms with Crippen molar-refractivity contribution in [3.05, 3.63) is 70.8 Å². The highest BCUT2D eigenvalue weighted by atomic mass is 19.1. The summed E-state index contributed by atoms with van der Waals surface area (Å²) in [7, 11) is 1.72. The Kier molecular flexibility index (Phi) is 5.97. The minimum absolute atomic E-state index is 0.00585. The smallest absolute Gasteiger partial charge is 0.317 e. The predicted molar refractivity (Wildman–Crippen MR) is 141 cm³/mol. The lowest BCUT2D eigenvalue weighted by atomic mass is 10.1. The highest BCUT2D eigenvalue weighted by Crippen LogP contribution is 2.27. The number of para-hydroxylation sites is 1. The number of carbonyl (C=O) groups excluding carboxylic acids is 1. The normalized spacial score (nSPS) is 18.0. The molecule has 2 atom stereocenters. The van der Waals surface area contributed by atoms with E-state index >= 15 is 0 Å². The van der Waals surface area contributed by atoms with Gasteiger partial charge in [-0.1, -0.05) is 24.3 Å². The maximum atomic E-state index is 13.6. The minimum Gasteiger partial charge on any atom is -0.460 e. The summed E-state index contributed by atoms with van der Waals surface area (Å²) < 4.78 is 22.4. The Morgan fingerprint density at radius 1 is 1.11 bits per heavy atom. The summed E-state index contributed by atoms with van der Waals surface area (Å²) in [6.45, 7) is 4.31. The van der Waals surface area contributed by atoms with Crippen molar-refractivity contribution in [2.45, 2.75) is 25.9 Å². The molecule has 38 heavy (non-hydrogen) atoms. The third-order valence-corrected chi connectivity index (χ3v) is 7.23. The molecule has 6 rings (SSSR count). The van der Waals surface area contributed by atoms with E-state index in [4.69, 9.17) is 4.74 Å². The van der Waals surface area contributed by atoms with Gasteiger partial charge in [-0.15, -0.1) is 0 Å². The lowest BCUT2D eigenvalue weighted by Crippen LogP contribution is -2.52. The molecule has 2 aliphatic heterocycles. The molecular formula is C27H28FN7O3. The number of hydrogen-bond donors (Lipinski definition) is 1. The third kappa shape index (κ3) is 4.23. The number of rotatable bonds is 6. The van der Waals surface area contributed by atoms with Gasteiger partial charge in [-0.25, -0.2) is 19.2 Å². The average Bonchev–Trinajstić information content (AvgIpc) is 3.41. The number of urea groups is 1. The highest BCUT2D eigenvalue weighted by Gasteiger charge is 2.36. The molecule has 0 spiro atoms. The fraction of sp³-hybridized carbons (Fsp3) is 0.333. The van der Waals surface area contributed by atoms with E-state index < -0.39 is 6.36 Å². The Morgan fingerprint density at radius 3 is 2.68 bits per heavy atom. The van der Waals surface area contributed by atoms with Gasteiger partial charge in [0.05, 0.1) is 23.5 Å². The molecule has 0 radical (unpaired) electrons. The molecule has 2 unspecified atom stereocenters. The van der Waals surface area contributed by atoms with E-state index in [0.717, 1.165) is 22.2 Å². The number of piperazine rings is 1. The molecule has 2 aromatic heterocycles. The molecule has 0 bridgehead atoms. The van der Waals surface area contributed by atoms with E-state index in [1.807, 2.05) is 39.9 Å². The van der Waals surface area contributed by atoms with Crippen molar-refractivity contribution in [3.8, 4) is 16.9 Å². The van der Waals surface area contributed by atoms with Gasteiger partial charge in [0.15, 0.2) is 0 Å². The van der Waals surface area contributed by atoms with Crippen LogP contribution in [0.1, 0.15) is 12.5 Å². The number of fused-ring (bicyclic) bond motifs is 2. The van der Waals surface area contributed by atoms with Crippen molar-refractivity contribution in [2.75, 3.05) is 31.1 Å². The molecule has 4 aromatic rings. The number of nitrogens with zero attached hydrogens (tertiary/aromatic N) is 6. The van der Waals surface area contributed by atoms with Crippen molar-refractivity contribution in [3.63, 3.8) is 0 Å².